The minimum absolute atomic E-state index is 0.124. The molecule has 3 nitrogen and oxygen atoms in total. The molecule has 19 heavy (non-hydrogen) atoms. The largest absolute Gasteiger partial charge is 0.383 e. The summed E-state index contributed by atoms with van der Waals surface area (Å²) < 4.78 is 24.1. The van der Waals surface area contributed by atoms with Crippen LogP contribution in [0.3, 0.4) is 0 Å². The molecule has 0 aliphatic heterocycles. The van der Waals surface area contributed by atoms with Crippen LogP contribution in [0.1, 0.15) is 26.2 Å². The Balaban J connectivity index is 2.13. The Labute approximate surface area is 120 Å². The van der Waals surface area contributed by atoms with Crippen LogP contribution in [-0.2, 0) is 9.84 Å². The molecule has 2 rings (SSSR count). The number of rotatable bonds is 7. The van der Waals surface area contributed by atoms with Gasteiger partial charge in [0.2, 0.25) is 0 Å². The molecule has 106 valence electrons. The minimum Gasteiger partial charge on any atom is -0.383 e. The lowest BCUT2D eigenvalue weighted by atomic mass is 10.0. The van der Waals surface area contributed by atoms with E-state index in [2.05, 4.69) is 5.32 Å². The van der Waals surface area contributed by atoms with E-state index in [-0.39, 0.29) is 11.2 Å². The van der Waals surface area contributed by atoms with Crippen LogP contribution in [0.15, 0.2) is 29.2 Å². The first-order valence-electron chi connectivity index (χ1n) is 6.65. The minimum atomic E-state index is -3.18. The Morgan fingerprint density at radius 2 is 2.00 bits per heavy atom. The first kappa shape index (κ1) is 14.7. The van der Waals surface area contributed by atoms with Crippen LogP contribution in [-0.4, -0.2) is 26.6 Å². The highest BCUT2D eigenvalue weighted by atomic mass is 35.5. The van der Waals surface area contributed by atoms with Crippen molar-refractivity contribution in [2.45, 2.75) is 31.1 Å². The summed E-state index contributed by atoms with van der Waals surface area (Å²) in [4.78, 5) is 0.402. The molecule has 0 atom stereocenters. The zero-order valence-corrected chi connectivity index (χ0v) is 12.7. The number of halogens is 1. The van der Waals surface area contributed by atoms with Crippen LogP contribution in [0, 0.1) is 5.41 Å². The van der Waals surface area contributed by atoms with Gasteiger partial charge in [-0.3, -0.25) is 0 Å². The van der Waals surface area contributed by atoms with Gasteiger partial charge in [-0.15, -0.1) is 11.6 Å². The second-order valence-electron chi connectivity index (χ2n) is 5.19. The van der Waals surface area contributed by atoms with Crippen molar-refractivity contribution in [3.8, 4) is 0 Å². The molecule has 1 aliphatic rings. The van der Waals surface area contributed by atoms with Crippen molar-refractivity contribution < 1.29 is 8.42 Å². The van der Waals surface area contributed by atoms with E-state index < -0.39 is 9.84 Å². The first-order valence-corrected chi connectivity index (χ1v) is 8.83. The molecule has 0 heterocycles. The maximum Gasteiger partial charge on any atom is 0.180 e. The summed E-state index contributed by atoms with van der Waals surface area (Å²) in [5, 5.41) is 3.30. The second-order valence-corrected chi connectivity index (χ2v) is 7.82. The topological polar surface area (TPSA) is 46.2 Å². The van der Waals surface area contributed by atoms with E-state index in [0.717, 1.165) is 13.0 Å². The molecule has 1 aliphatic carbocycles. The van der Waals surface area contributed by atoms with Gasteiger partial charge in [-0.05, 0) is 36.8 Å². The lowest BCUT2D eigenvalue weighted by molar-refractivity contribution is 0.524. The fourth-order valence-corrected chi connectivity index (χ4v) is 3.69. The summed E-state index contributed by atoms with van der Waals surface area (Å²) in [5.41, 5.74) is 0.996. The molecular weight excluding hydrogens is 282 g/mol. The van der Waals surface area contributed by atoms with E-state index in [4.69, 9.17) is 11.6 Å². The SMILES string of the molecule is CCS(=O)(=O)c1ccccc1NCC1(CCCl)CC1. The quantitative estimate of drug-likeness (QED) is 0.786. The molecule has 0 spiro atoms. The first-order chi connectivity index (χ1) is 9.03. The standard InChI is InChI=1S/C14H20ClNO2S/c1-2-19(17,18)13-6-4-3-5-12(13)16-11-14(7-8-14)9-10-15/h3-6,16H,2,7-11H2,1H3. The molecule has 1 aromatic rings. The summed E-state index contributed by atoms with van der Waals surface area (Å²) in [5.74, 6) is 0.787. The molecule has 0 bridgehead atoms. The Morgan fingerprint density at radius 1 is 1.32 bits per heavy atom. The van der Waals surface area contributed by atoms with Gasteiger partial charge in [0.1, 0.15) is 0 Å². The molecule has 5 heteroatoms. The summed E-state index contributed by atoms with van der Waals surface area (Å²) in [6.45, 7) is 2.47. The molecule has 1 fully saturated rings. The van der Waals surface area contributed by atoms with Gasteiger partial charge in [0, 0.05) is 12.4 Å². The molecule has 0 saturated heterocycles. The predicted octanol–water partition coefficient (Wildman–Crippen LogP) is 3.30. The molecule has 0 unspecified atom stereocenters. The number of nitrogens with one attached hydrogen (secondary N) is 1. The van der Waals surface area contributed by atoms with Crippen LogP contribution in [0.4, 0.5) is 5.69 Å². The van der Waals surface area contributed by atoms with Crippen LogP contribution < -0.4 is 5.32 Å². The predicted molar refractivity (Wildman–Crippen MR) is 79.7 cm³/mol. The van der Waals surface area contributed by atoms with Crippen molar-refractivity contribution in [3.05, 3.63) is 24.3 Å². The van der Waals surface area contributed by atoms with Crippen molar-refractivity contribution in [3.63, 3.8) is 0 Å². The zero-order valence-electron chi connectivity index (χ0n) is 11.2. The summed E-state index contributed by atoms with van der Waals surface area (Å²) >= 11 is 5.81. The zero-order chi connectivity index (χ0) is 13.9. The van der Waals surface area contributed by atoms with E-state index >= 15 is 0 Å². The smallest absolute Gasteiger partial charge is 0.180 e. The molecule has 0 aromatic heterocycles. The van der Waals surface area contributed by atoms with Crippen LogP contribution in [0.2, 0.25) is 0 Å². The van der Waals surface area contributed by atoms with E-state index in [1.807, 2.05) is 12.1 Å². The number of anilines is 1. The number of para-hydroxylation sites is 1. The highest BCUT2D eigenvalue weighted by Crippen LogP contribution is 2.49. The highest BCUT2D eigenvalue weighted by molar-refractivity contribution is 7.91. The Hall–Kier alpha value is -0.740. The van der Waals surface area contributed by atoms with Gasteiger partial charge in [0.25, 0.3) is 0 Å². The van der Waals surface area contributed by atoms with Gasteiger partial charge in [-0.1, -0.05) is 19.1 Å². The van der Waals surface area contributed by atoms with E-state index in [1.165, 1.54) is 12.8 Å². The van der Waals surface area contributed by atoms with E-state index in [1.54, 1.807) is 19.1 Å². The molecule has 1 saturated carbocycles. The van der Waals surface area contributed by atoms with Crippen LogP contribution in [0.25, 0.3) is 0 Å². The Bertz CT molecular complexity index is 538. The average Bonchev–Trinajstić information content (AvgIpc) is 3.17. The fraction of sp³-hybridized carbons (Fsp3) is 0.571. The van der Waals surface area contributed by atoms with Crippen molar-refractivity contribution in [2.24, 2.45) is 5.41 Å². The van der Waals surface area contributed by atoms with Gasteiger partial charge in [-0.2, -0.15) is 0 Å². The number of benzene rings is 1. The van der Waals surface area contributed by atoms with Crippen LogP contribution >= 0.6 is 11.6 Å². The Kier molecular flexibility index (Phi) is 4.41. The lowest BCUT2D eigenvalue weighted by Crippen LogP contribution is -2.18. The lowest BCUT2D eigenvalue weighted by Gasteiger charge is -2.17. The third-order valence-electron chi connectivity index (χ3n) is 3.84. The van der Waals surface area contributed by atoms with Gasteiger partial charge < -0.3 is 5.32 Å². The normalized spacial score (nSPS) is 17.2. The third-order valence-corrected chi connectivity index (χ3v) is 5.81. The summed E-state index contributed by atoms with van der Waals surface area (Å²) in [6.07, 6.45) is 3.34. The second kappa shape index (κ2) is 5.71. The fourth-order valence-electron chi connectivity index (χ4n) is 2.21. The Morgan fingerprint density at radius 3 is 2.58 bits per heavy atom. The van der Waals surface area contributed by atoms with Crippen molar-refractivity contribution in [1.29, 1.82) is 0 Å². The van der Waals surface area contributed by atoms with Crippen molar-refractivity contribution >= 4 is 27.1 Å². The van der Waals surface area contributed by atoms with Gasteiger partial charge in [0.05, 0.1) is 16.3 Å². The molecule has 1 N–H and O–H groups in total. The van der Waals surface area contributed by atoms with Gasteiger partial charge in [0.15, 0.2) is 9.84 Å². The number of alkyl halides is 1. The van der Waals surface area contributed by atoms with Crippen LogP contribution in [0.5, 0.6) is 0 Å². The summed E-state index contributed by atoms with van der Waals surface area (Å²) in [6, 6.07) is 7.12. The average molecular weight is 302 g/mol. The van der Waals surface area contributed by atoms with E-state index in [9.17, 15) is 8.42 Å². The number of sulfone groups is 1. The maximum absolute atomic E-state index is 12.0. The van der Waals surface area contributed by atoms with Crippen molar-refractivity contribution in [2.75, 3.05) is 23.5 Å². The van der Waals surface area contributed by atoms with Crippen molar-refractivity contribution in [1.82, 2.24) is 0 Å². The molecule has 1 aromatic carbocycles. The van der Waals surface area contributed by atoms with E-state index in [0.29, 0.717) is 16.5 Å². The van der Waals surface area contributed by atoms with Gasteiger partial charge in [-0.25, -0.2) is 8.42 Å². The monoisotopic (exact) mass is 301 g/mol. The number of hydrogen-bond donors (Lipinski definition) is 1. The summed E-state index contributed by atoms with van der Waals surface area (Å²) in [7, 11) is -3.18. The number of hydrogen-bond acceptors (Lipinski definition) is 3. The molecular formula is C14H20ClNO2S. The molecule has 0 radical (unpaired) electrons. The third kappa shape index (κ3) is 3.42. The van der Waals surface area contributed by atoms with Gasteiger partial charge >= 0.3 is 0 Å². The molecule has 0 amide bonds. The highest BCUT2D eigenvalue weighted by Gasteiger charge is 2.41. The maximum atomic E-state index is 12.0.